The lowest BCUT2D eigenvalue weighted by atomic mass is 9.73. The fourth-order valence-electron chi connectivity index (χ4n) is 4.42. The molecule has 0 aromatic carbocycles. The molecule has 0 unspecified atom stereocenters. The number of urea groups is 1. The summed E-state index contributed by atoms with van der Waals surface area (Å²) in [7, 11) is 0. The Balaban J connectivity index is 1.57. The summed E-state index contributed by atoms with van der Waals surface area (Å²) in [4.78, 5) is 16.2. The highest BCUT2D eigenvalue weighted by atomic mass is 16.2. The number of carbonyl (C=O) groups excluding carboxylic acids is 1. The Kier molecular flexibility index (Phi) is 3.96. The predicted molar refractivity (Wildman–Crippen MR) is 76.1 cm³/mol. The number of hydrogen-bond acceptors (Lipinski definition) is 2. The van der Waals surface area contributed by atoms with Crippen molar-refractivity contribution in [3.8, 4) is 0 Å². The van der Waals surface area contributed by atoms with E-state index in [-0.39, 0.29) is 6.03 Å². The Hall–Kier alpha value is -0.770. The predicted octanol–water partition coefficient (Wildman–Crippen LogP) is 1.91. The van der Waals surface area contributed by atoms with Crippen LogP contribution in [-0.2, 0) is 0 Å². The molecular weight excluding hydrogens is 238 g/mol. The molecule has 0 spiro atoms. The van der Waals surface area contributed by atoms with Crippen LogP contribution in [0.3, 0.4) is 0 Å². The number of carbonyl (C=O) groups is 1. The molecule has 4 nitrogen and oxygen atoms in total. The zero-order valence-corrected chi connectivity index (χ0v) is 12.1. The summed E-state index contributed by atoms with van der Waals surface area (Å²) in [5.41, 5.74) is 0. The van der Waals surface area contributed by atoms with Gasteiger partial charge >= 0.3 is 6.03 Å². The summed E-state index contributed by atoms with van der Waals surface area (Å²) in [5.74, 6) is 1.76. The standard InChI is InChI=1S/C15H27N3O/c1-12-4-2-5-13-6-3-8-17(14(12)13)10-11-18-9-7-16-15(18)19/h12-14H,2-11H2,1H3,(H,16,19)/t12-,13+,14-/m1/s1. The van der Waals surface area contributed by atoms with Gasteiger partial charge in [0.05, 0.1) is 0 Å². The molecule has 1 aliphatic carbocycles. The summed E-state index contributed by atoms with van der Waals surface area (Å²) >= 11 is 0. The van der Waals surface area contributed by atoms with Gasteiger partial charge in [0.15, 0.2) is 0 Å². The molecule has 108 valence electrons. The minimum Gasteiger partial charge on any atom is -0.336 e. The molecule has 3 fully saturated rings. The second-order valence-corrected chi connectivity index (χ2v) is 6.56. The van der Waals surface area contributed by atoms with E-state index < -0.39 is 0 Å². The monoisotopic (exact) mass is 265 g/mol. The average molecular weight is 265 g/mol. The molecule has 2 amide bonds. The molecule has 3 atom stereocenters. The number of fused-ring (bicyclic) bond motifs is 1. The average Bonchev–Trinajstić information content (AvgIpc) is 2.82. The fourth-order valence-corrected chi connectivity index (χ4v) is 4.42. The Morgan fingerprint density at radius 1 is 1.16 bits per heavy atom. The van der Waals surface area contributed by atoms with E-state index in [0.29, 0.717) is 0 Å². The van der Waals surface area contributed by atoms with Crippen LogP contribution in [0.4, 0.5) is 4.79 Å². The minimum absolute atomic E-state index is 0.130. The van der Waals surface area contributed by atoms with Crippen LogP contribution in [-0.4, -0.2) is 54.6 Å². The minimum atomic E-state index is 0.130. The maximum Gasteiger partial charge on any atom is 0.317 e. The molecular formula is C15H27N3O. The third-order valence-corrected chi connectivity index (χ3v) is 5.34. The number of likely N-dealkylation sites (tertiary alicyclic amines) is 1. The number of piperidine rings is 1. The summed E-state index contributed by atoms with van der Waals surface area (Å²) < 4.78 is 0. The molecule has 4 heteroatoms. The van der Waals surface area contributed by atoms with Gasteiger partial charge in [-0.3, -0.25) is 4.90 Å². The highest BCUT2D eigenvalue weighted by Gasteiger charge is 2.37. The number of hydrogen-bond donors (Lipinski definition) is 1. The van der Waals surface area contributed by atoms with Gasteiger partial charge in [-0.15, -0.1) is 0 Å². The Bertz CT molecular complexity index is 331. The largest absolute Gasteiger partial charge is 0.336 e. The Morgan fingerprint density at radius 2 is 2.00 bits per heavy atom. The van der Waals surface area contributed by atoms with Crippen molar-refractivity contribution >= 4 is 6.03 Å². The molecule has 2 saturated heterocycles. The van der Waals surface area contributed by atoms with E-state index >= 15 is 0 Å². The van der Waals surface area contributed by atoms with Gasteiger partial charge < -0.3 is 10.2 Å². The molecule has 0 bridgehead atoms. The summed E-state index contributed by atoms with van der Waals surface area (Å²) in [6.45, 7) is 7.34. The van der Waals surface area contributed by atoms with Gasteiger partial charge in [0.25, 0.3) is 0 Å². The zero-order valence-electron chi connectivity index (χ0n) is 12.1. The first-order valence-corrected chi connectivity index (χ1v) is 8.02. The molecule has 0 aromatic rings. The van der Waals surface area contributed by atoms with Crippen molar-refractivity contribution in [2.24, 2.45) is 11.8 Å². The summed E-state index contributed by atoms with van der Waals surface area (Å²) in [5, 5.41) is 2.89. The molecule has 3 rings (SSSR count). The summed E-state index contributed by atoms with van der Waals surface area (Å²) in [6, 6.07) is 0.915. The van der Waals surface area contributed by atoms with Gasteiger partial charge in [-0.25, -0.2) is 4.79 Å². The number of amides is 2. The van der Waals surface area contributed by atoms with E-state index in [4.69, 9.17) is 0 Å². The van der Waals surface area contributed by atoms with Crippen LogP contribution in [0.15, 0.2) is 0 Å². The fraction of sp³-hybridized carbons (Fsp3) is 0.933. The van der Waals surface area contributed by atoms with Crippen LogP contribution in [0.1, 0.15) is 39.0 Å². The van der Waals surface area contributed by atoms with Gasteiger partial charge in [0, 0.05) is 32.2 Å². The van der Waals surface area contributed by atoms with Crippen LogP contribution in [0.2, 0.25) is 0 Å². The lowest BCUT2D eigenvalue weighted by Crippen LogP contribution is -2.52. The van der Waals surface area contributed by atoms with Crippen molar-refractivity contribution in [3.05, 3.63) is 0 Å². The first-order chi connectivity index (χ1) is 9.25. The maximum absolute atomic E-state index is 11.6. The quantitative estimate of drug-likeness (QED) is 0.846. The van der Waals surface area contributed by atoms with Gasteiger partial charge in [-0.1, -0.05) is 13.3 Å². The second-order valence-electron chi connectivity index (χ2n) is 6.56. The van der Waals surface area contributed by atoms with Crippen molar-refractivity contribution in [2.75, 3.05) is 32.7 Å². The van der Waals surface area contributed by atoms with Crippen LogP contribution >= 0.6 is 0 Å². The van der Waals surface area contributed by atoms with E-state index in [0.717, 1.165) is 44.1 Å². The molecule has 2 heterocycles. The SMILES string of the molecule is C[C@@H]1CCC[C@H]2CCCN(CCN3CCNC3=O)[C@@H]21. The van der Waals surface area contributed by atoms with Crippen LogP contribution < -0.4 is 5.32 Å². The molecule has 0 radical (unpaired) electrons. The Labute approximate surface area is 116 Å². The lowest BCUT2D eigenvalue weighted by molar-refractivity contribution is 0.0221. The smallest absolute Gasteiger partial charge is 0.317 e. The van der Waals surface area contributed by atoms with E-state index in [1.165, 1.54) is 38.6 Å². The van der Waals surface area contributed by atoms with Crippen LogP contribution in [0, 0.1) is 11.8 Å². The first-order valence-electron chi connectivity index (χ1n) is 8.02. The van der Waals surface area contributed by atoms with E-state index in [2.05, 4.69) is 17.1 Å². The third-order valence-electron chi connectivity index (χ3n) is 5.34. The van der Waals surface area contributed by atoms with E-state index in [1.54, 1.807) is 0 Å². The Morgan fingerprint density at radius 3 is 2.79 bits per heavy atom. The molecule has 1 N–H and O–H groups in total. The van der Waals surface area contributed by atoms with E-state index in [1.807, 2.05) is 4.90 Å². The van der Waals surface area contributed by atoms with Gasteiger partial charge in [-0.2, -0.15) is 0 Å². The van der Waals surface area contributed by atoms with E-state index in [9.17, 15) is 4.79 Å². The van der Waals surface area contributed by atoms with Crippen molar-refractivity contribution in [1.29, 1.82) is 0 Å². The van der Waals surface area contributed by atoms with Crippen molar-refractivity contribution in [3.63, 3.8) is 0 Å². The van der Waals surface area contributed by atoms with Gasteiger partial charge in [-0.05, 0) is 44.1 Å². The van der Waals surface area contributed by atoms with Gasteiger partial charge in [0.1, 0.15) is 0 Å². The van der Waals surface area contributed by atoms with Crippen molar-refractivity contribution in [2.45, 2.75) is 45.1 Å². The normalized spacial score (nSPS) is 36.2. The molecule has 3 aliphatic rings. The molecule has 2 aliphatic heterocycles. The molecule has 1 saturated carbocycles. The zero-order chi connectivity index (χ0) is 13.2. The van der Waals surface area contributed by atoms with Crippen molar-refractivity contribution < 1.29 is 4.79 Å². The summed E-state index contributed by atoms with van der Waals surface area (Å²) in [6.07, 6.45) is 7.01. The highest BCUT2D eigenvalue weighted by Crippen LogP contribution is 2.38. The topological polar surface area (TPSA) is 35.6 Å². The lowest BCUT2D eigenvalue weighted by Gasteiger charge is -2.47. The highest BCUT2D eigenvalue weighted by molar-refractivity contribution is 5.76. The molecule has 19 heavy (non-hydrogen) atoms. The second kappa shape index (κ2) is 5.70. The van der Waals surface area contributed by atoms with Crippen LogP contribution in [0.25, 0.3) is 0 Å². The first kappa shape index (κ1) is 13.2. The number of rotatable bonds is 3. The van der Waals surface area contributed by atoms with Crippen molar-refractivity contribution in [1.82, 2.24) is 15.1 Å². The molecule has 0 aromatic heterocycles. The van der Waals surface area contributed by atoms with Crippen LogP contribution in [0.5, 0.6) is 0 Å². The number of nitrogens with one attached hydrogen (secondary N) is 1. The maximum atomic E-state index is 11.6. The number of nitrogens with zero attached hydrogens (tertiary/aromatic N) is 2. The van der Waals surface area contributed by atoms with Gasteiger partial charge in [0.2, 0.25) is 0 Å². The third kappa shape index (κ3) is 2.73.